The standard InChI is InChI=1S/C28H26N6O2/c1-19(21-10-8-20(16-29)9-11-21)17-31-27(22-6-4-3-5-7-22)28(36)32-25-14-12-23(18-30-25)24-13-15-26(35)34(2)33-24/h3-15,18-19,27,31H,17H2,1-2H3,(H,30,32,36)/t19?,27-/m0/s1. The van der Waals surface area contributed by atoms with Gasteiger partial charge in [0, 0.05) is 31.4 Å². The van der Waals surface area contributed by atoms with Gasteiger partial charge in [0.05, 0.1) is 17.3 Å². The first-order valence-corrected chi connectivity index (χ1v) is 11.5. The molecule has 2 aromatic carbocycles. The van der Waals surface area contributed by atoms with Crippen molar-refractivity contribution in [2.45, 2.75) is 18.9 Å². The average Bonchev–Trinajstić information content (AvgIpc) is 2.91. The Bertz CT molecular complexity index is 1420. The van der Waals surface area contributed by atoms with Gasteiger partial charge in [0.25, 0.3) is 5.56 Å². The number of carbonyl (C=O) groups is 1. The van der Waals surface area contributed by atoms with E-state index in [1.807, 2.05) is 42.5 Å². The molecule has 8 heteroatoms. The molecule has 0 radical (unpaired) electrons. The lowest BCUT2D eigenvalue weighted by Crippen LogP contribution is -2.35. The van der Waals surface area contributed by atoms with Crippen molar-refractivity contribution >= 4 is 11.7 Å². The highest BCUT2D eigenvalue weighted by Gasteiger charge is 2.22. The van der Waals surface area contributed by atoms with Gasteiger partial charge >= 0.3 is 0 Å². The van der Waals surface area contributed by atoms with E-state index < -0.39 is 6.04 Å². The van der Waals surface area contributed by atoms with E-state index in [1.165, 1.54) is 10.7 Å². The predicted octanol–water partition coefficient (Wildman–Crippen LogP) is 3.79. The number of hydrogen-bond acceptors (Lipinski definition) is 6. The molecule has 0 spiro atoms. The van der Waals surface area contributed by atoms with Gasteiger partial charge in [0.1, 0.15) is 11.9 Å². The number of rotatable bonds is 8. The minimum Gasteiger partial charge on any atom is -0.309 e. The lowest BCUT2D eigenvalue weighted by atomic mass is 9.98. The van der Waals surface area contributed by atoms with Crippen molar-refractivity contribution in [2.24, 2.45) is 7.05 Å². The molecule has 2 heterocycles. The molecule has 36 heavy (non-hydrogen) atoms. The van der Waals surface area contributed by atoms with E-state index in [-0.39, 0.29) is 17.4 Å². The molecule has 0 aliphatic rings. The van der Waals surface area contributed by atoms with E-state index in [1.54, 1.807) is 43.6 Å². The van der Waals surface area contributed by atoms with Gasteiger partial charge in [-0.1, -0.05) is 49.4 Å². The third-order valence-corrected chi connectivity index (χ3v) is 5.90. The normalized spacial score (nSPS) is 12.4. The van der Waals surface area contributed by atoms with Crippen LogP contribution < -0.4 is 16.2 Å². The van der Waals surface area contributed by atoms with Crippen LogP contribution >= 0.6 is 0 Å². The van der Waals surface area contributed by atoms with Crippen LogP contribution in [0.15, 0.2) is 89.9 Å². The van der Waals surface area contributed by atoms with E-state index in [2.05, 4.69) is 33.7 Å². The lowest BCUT2D eigenvalue weighted by molar-refractivity contribution is -0.118. The Balaban J connectivity index is 1.47. The second kappa shape index (κ2) is 11.2. The summed E-state index contributed by atoms with van der Waals surface area (Å²) in [6.07, 6.45) is 1.61. The van der Waals surface area contributed by atoms with E-state index in [4.69, 9.17) is 5.26 Å². The Labute approximate surface area is 209 Å². The largest absolute Gasteiger partial charge is 0.309 e. The smallest absolute Gasteiger partial charge is 0.266 e. The molecule has 0 aliphatic carbocycles. The molecular weight excluding hydrogens is 452 g/mol. The second-order valence-corrected chi connectivity index (χ2v) is 8.49. The molecule has 1 unspecified atom stereocenters. The molecule has 1 amide bonds. The summed E-state index contributed by atoms with van der Waals surface area (Å²) in [6.45, 7) is 2.63. The zero-order valence-electron chi connectivity index (χ0n) is 20.1. The summed E-state index contributed by atoms with van der Waals surface area (Å²) in [5, 5.41) is 19.5. The van der Waals surface area contributed by atoms with E-state index in [0.29, 0.717) is 23.6 Å². The van der Waals surface area contributed by atoms with E-state index in [9.17, 15) is 9.59 Å². The maximum atomic E-state index is 13.3. The quantitative estimate of drug-likeness (QED) is 0.398. The number of anilines is 1. The maximum absolute atomic E-state index is 13.3. The van der Waals surface area contributed by atoms with Gasteiger partial charge in [0.15, 0.2) is 0 Å². The highest BCUT2D eigenvalue weighted by Crippen LogP contribution is 2.21. The van der Waals surface area contributed by atoms with Crippen LogP contribution in [0.5, 0.6) is 0 Å². The van der Waals surface area contributed by atoms with Crippen LogP contribution in [0.4, 0.5) is 5.82 Å². The summed E-state index contributed by atoms with van der Waals surface area (Å²) in [4.78, 5) is 29.2. The van der Waals surface area contributed by atoms with Crippen molar-refractivity contribution < 1.29 is 4.79 Å². The van der Waals surface area contributed by atoms with Gasteiger partial charge in [-0.15, -0.1) is 0 Å². The van der Waals surface area contributed by atoms with Crippen molar-refractivity contribution in [1.29, 1.82) is 5.26 Å². The number of pyridine rings is 1. The van der Waals surface area contributed by atoms with Crippen molar-refractivity contribution in [3.63, 3.8) is 0 Å². The number of amides is 1. The van der Waals surface area contributed by atoms with E-state index >= 15 is 0 Å². The molecule has 2 atom stereocenters. The number of aromatic nitrogens is 3. The van der Waals surface area contributed by atoms with Crippen molar-refractivity contribution in [3.05, 3.63) is 112 Å². The fraction of sp³-hybridized carbons (Fsp3) is 0.179. The molecule has 0 fully saturated rings. The Hall–Kier alpha value is -4.61. The summed E-state index contributed by atoms with van der Waals surface area (Å²) in [6, 6.07) is 25.1. The third-order valence-electron chi connectivity index (χ3n) is 5.90. The Kier molecular flexibility index (Phi) is 7.63. The summed E-state index contributed by atoms with van der Waals surface area (Å²) in [7, 11) is 1.59. The van der Waals surface area contributed by atoms with Gasteiger partial charge < -0.3 is 10.6 Å². The molecular formula is C28H26N6O2. The average molecular weight is 479 g/mol. The summed E-state index contributed by atoms with van der Waals surface area (Å²) in [5.41, 5.74) is 3.70. The van der Waals surface area contributed by atoms with E-state index in [0.717, 1.165) is 16.7 Å². The number of aryl methyl sites for hydroxylation is 1. The first-order chi connectivity index (χ1) is 17.4. The van der Waals surface area contributed by atoms with Crippen LogP contribution in [0.2, 0.25) is 0 Å². The van der Waals surface area contributed by atoms with Crippen LogP contribution in [0.3, 0.4) is 0 Å². The fourth-order valence-electron chi connectivity index (χ4n) is 3.78. The molecule has 4 rings (SSSR count). The molecule has 180 valence electrons. The molecule has 4 aromatic rings. The second-order valence-electron chi connectivity index (χ2n) is 8.49. The summed E-state index contributed by atoms with van der Waals surface area (Å²) < 4.78 is 1.26. The molecule has 8 nitrogen and oxygen atoms in total. The lowest BCUT2D eigenvalue weighted by Gasteiger charge is -2.21. The van der Waals surface area contributed by atoms with Crippen LogP contribution in [-0.2, 0) is 11.8 Å². The Morgan fingerprint density at radius 2 is 1.75 bits per heavy atom. The summed E-state index contributed by atoms with van der Waals surface area (Å²) in [5.74, 6) is 0.314. The van der Waals surface area contributed by atoms with Gasteiger partial charge in [-0.2, -0.15) is 10.4 Å². The number of nitrogens with one attached hydrogen (secondary N) is 2. The molecule has 0 saturated heterocycles. The van der Waals surface area contributed by atoms with Gasteiger partial charge in [0.2, 0.25) is 5.91 Å². The maximum Gasteiger partial charge on any atom is 0.266 e. The van der Waals surface area contributed by atoms with Gasteiger partial charge in [-0.25, -0.2) is 9.67 Å². The third kappa shape index (κ3) is 5.90. The number of hydrogen-bond donors (Lipinski definition) is 2. The zero-order valence-corrected chi connectivity index (χ0v) is 20.1. The van der Waals surface area contributed by atoms with Crippen LogP contribution in [0.1, 0.15) is 35.6 Å². The Morgan fingerprint density at radius 1 is 1.00 bits per heavy atom. The fourth-order valence-corrected chi connectivity index (χ4v) is 3.78. The predicted molar refractivity (Wildman–Crippen MR) is 138 cm³/mol. The van der Waals surface area contributed by atoms with Gasteiger partial charge in [-0.05, 0) is 47.4 Å². The SMILES string of the molecule is CC(CN[C@H](C(=O)Nc1ccc(-c2ccc(=O)n(C)n2)cn1)c1ccccc1)c1ccc(C#N)cc1. The van der Waals surface area contributed by atoms with Crippen LogP contribution in [0, 0.1) is 11.3 Å². The summed E-state index contributed by atoms with van der Waals surface area (Å²) >= 11 is 0. The monoisotopic (exact) mass is 478 g/mol. The number of benzene rings is 2. The molecule has 2 aromatic heterocycles. The molecule has 0 saturated carbocycles. The minimum absolute atomic E-state index is 0.128. The highest BCUT2D eigenvalue weighted by atomic mass is 16.2. The Morgan fingerprint density at radius 3 is 2.39 bits per heavy atom. The zero-order chi connectivity index (χ0) is 25.5. The van der Waals surface area contributed by atoms with Crippen LogP contribution in [0.25, 0.3) is 11.3 Å². The van der Waals surface area contributed by atoms with Crippen molar-refractivity contribution in [2.75, 3.05) is 11.9 Å². The van der Waals surface area contributed by atoms with Crippen molar-refractivity contribution in [1.82, 2.24) is 20.1 Å². The van der Waals surface area contributed by atoms with Crippen LogP contribution in [-0.4, -0.2) is 27.2 Å². The topological polar surface area (TPSA) is 113 Å². The minimum atomic E-state index is -0.584. The molecule has 2 N–H and O–H groups in total. The number of carbonyl (C=O) groups excluding carboxylic acids is 1. The first kappa shape index (κ1) is 24.5. The van der Waals surface area contributed by atoms with Crippen molar-refractivity contribution in [3.8, 4) is 17.3 Å². The first-order valence-electron chi connectivity index (χ1n) is 11.5. The highest BCUT2D eigenvalue weighted by molar-refractivity contribution is 5.94. The molecule has 0 bridgehead atoms. The van der Waals surface area contributed by atoms with Gasteiger partial charge in [-0.3, -0.25) is 9.59 Å². The number of nitriles is 1. The number of nitrogens with zero attached hydrogens (tertiary/aromatic N) is 4. The molecule has 0 aliphatic heterocycles.